The molecule has 0 aromatic heterocycles. The Balaban J connectivity index is 1.43. The number of rotatable bonds is 6. The molecule has 1 amide bonds. The van der Waals surface area contributed by atoms with Crippen molar-refractivity contribution in [3.8, 4) is 5.75 Å². The number of carbonyl (C=O) groups excluding carboxylic acids is 1. The quantitative estimate of drug-likeness (QED) is 0.554. The summed E-state index contributed by atoms with van der Waals surface area (Å²) in [5.74, 6) is 0.847. The predicted molar refractivity (Wildman–Crippen MR) is 129 cm³/mol. The maximum atomic E-state index is 13.1. The van der Waals surface area contributed by atoms with E-state index in [1.807, 2.05) is 30.9 Å². The van der Waals surface area contributed by atoms with Gasteiger partial charge < -0.3 is 9.64 Å². The van der Waals surface area contributed by atoms with E-state index in [1.165, 1.54) is 16.7 Å². The van der Waals surface area contributed by atoms with E-state index in [2.05, 4.69) is 78.6 Å². The zero-order valence-corrected chi connectivity index (χ0v) is 19.2. The van der Waals surface area contributed by atoms with Crippen molar-refractivity contribution < 1.29 is 9.53 Å². The summed E-state index contributed by atoms with van der Waals surface area (Å²) in [6, 6.07) is 27.4. The van der Waals surface area contributed by atoms with E-state index in [4.69, 9.17) is 4.74 Å². The molecule has 1 aliphatic rings. The molecule has 0 N–H and O–H groups in total. The third-order valence-corrected chi connectivity index (χ3v) is 6.43. The van der Waals surface area contributed by atoms with Gasteiger partial charge in [-0.3, -0.25) is 9.69 Å². The fraction of sp³-hybridized carbons (Fsp3) is 0.321. The molecule has 32 heavy (non-hydrogen) atoms. The Kier molecular flexibility index (Phi) is 6.91. The fourth-order valence-corrected chi connectivity index (χ4v) is 4.44. The summed E-state index contributed by atoms with van der Waals surface area (Å²) in [6.07, 6.45) is -0.499. The van der Waals surface area contributed by atoms with Crippen LogP contribution >= 0.6 is 0 Å². The lowest BCUT2D eigenvalue weighted by Gasteiger charge is -2.40. The standard InChI is InChI=1S/C28H32N2O2/c1-21-11-10-16-26(22(21)2)32-23(3)28(31)30-19-17-29(18-20-30)27(24-12-6-4-7-13-24)25-14-8-5-9-15-25/h4-16,23,27H,17-20H2,1-3H3/t23-/m1/s1. The maximum absolute atomic E-state index is 13.1. The molecule has 0 aliphatic carbocycles. The number of nitrogens with zero attached hydrogens (tertiary/aromatic N) is 2. The molecule has 4 nitrogen and oxygen atoms in total. The largest absolute Gasteiger partial charge is 0.481 e. The summed E-state index contributed by atoms with van der Waals surface area (Å²) in [4.78, 5) is 17.5. The molecule has 0 saturated carbocycles. The van der Waals surface area contributed by atoms with E-state index < -0.39 is 6.10 Å². The SMILES string of the molecule is Cc1cccc(O[C@H](C)C(=O)N2CCN(C(c3ccccc3)c3ccccc3)CC2)c1C. The fourth-order valence-electron chi connectivity index (χ4n) is 4.44. The van der Waals surface area contributed by atoms with Gasteiger partial charge in [0.05, 0.1) is 6.04 Å². The molecule has 3 aromatic rings. The Bertz CT molecular complexity index is 988. The van der Waals surface area contributed by atoms with Gasteiger partial charge in [0.15, 0.2) is 6.10 Å². The normalized spacial score (nSPS) is 15.6. The molecule has 1 saturated heterocycles. The molecule has 4 rings (SSSR count). The van der Waals surface area contributed by atoms with E-state index in [1.54, 1.807) is 0 Å². The third-order valence-electron chi connectivity index (χ3n) is 6.43. The number of amides is 1. The van der Waals surface area contributed by atoms with Crippen molar-refractivity contribution in [2.75, 3.05) is 26.2 Å². The zero-order chi connectivity index (χ0) is 22.5. The minimum atomic E-state index is -0.499. The van der Waals surface area contributed by atoms with E-state index in [-0.39, 0.29) is 11.9 Å². The van der Waals surface area contributed by atoms with Gasteiger partial charge in [0.25, 0.3) is 5.91 Å². The summed E-state index contributed by atoms with van der Waals surface area (Å²) < 4.78 is 6.05. The minimum Gasteiger partial charge on any atom is -0.481 e. The monoisotopic (exact) mass is 428 g/mol. The van der Waals surface area contributed by atoms with Gasteiger partial charge in [0.2, 0.25) is 0 Å². The van der Waals surface area contributed by atoms with E-state index in [0.717, 1.165) is 24.4 Å². The van der Waals surface area contributed by atoms with Crippen molar-refractivity contribution in [3.05, 3.63) is 101 Å². The summed E-state index contributed by atoms with van der Waals surface area (Å²) in [6.45, 7) is 9.02. The number of hydrogen-bond donors (Lipinski definition) is 0. The number of carbonyl (C=O) groups is 1. The van der Waals surface area contributed by atoms with Gasteiger partial charge in [0.1, 0.15) is 5.75 Å². The molecule has 4 heteroatoms. The number of benzene rings is 3. The molecule has 0 spiro atoms. The van der Waals surface area contributed by atoms with E-state index in [9.17, 15) is 4.79 Å². The Labute approximate surface area is 191 Å². The van der Waals surface area contributed by atoms with Gasteiger partial charge >= 0.3 is 0 Å². The molecule has 1 aliphatic heterocycles. The lowest BCUT2D eigenvalue weighted by atomic mass is 9.96. The Morgan fingerprint density at radius 2 is 1.34 bits per heavy atom. The van der Waals surface area contributed by atoms with Crippen molar-refractivity contribution in [1.82, 2.24) is 9.80 Å². The smallest absolute Gasteiger partial charge is 0.263 e. The van der Waals surface area contributed by atoms with E-state index >= 15 is 0 Å². The van der Waals surface area contributed by atoms with Crippen LogP contribution in [0.4, 0.5) is 0 Å². The van der Waals surface area contributed by atoms with Crippen LogP contribution in [0, 0.1) is 13.8 Å². The second-order valence-corrected chi connectivity index (χ2v) is 8.54. The van der Waals surface area contributed by atoms with Gasteiger partial charge in [-0.15, -0.1) is 0 Å². The molecule has 0 unspecified atom stereocenters. The van der Waals surface area contributed by atoms with Crippen molar-refractivity contribution in [2.45, 2.75) is 32.9 Å². The predicted octanol–water partition coefficient (Wildman–Crippen LogP) is 5.00. The summed E-state index contributed by atoms with van der Waals surface area (Å²) >= 11 is 0. The molecule has 0 radical (unpaired) electrons. The molecule has 1 atom stereocenters. The lowest BCUT2D eigenvalue weighted by Crippen LogP contribution is -2.52. The van der Waals surface area contributed by atoms with Crippen LogP contribution in [-0.4, -0.2) is 48.0 Å². The maximum Gasteiger partial charge on any atom is 0.263 e. The third kappa shape index (κ3) is 4.86. The first-order valence-corrected chi connectivity index (χ1v) is 11.4. The average Bonchev–Trinajstić information content (AvgIpc) is 2.83. The van der Waals surface area contributed by atoms with Crippen LogP contribution in [-0.2, 0) is 4.79 Å². The Morgan fingerprint density at radius 1 is 0.781 bits per heavy atom. The van der Waals surface area contributed by atoms with Crippen LogP contribution < -0.4 is 4.74 Å². The highest BCUT2D eigenvalue weighted by Gasteiger charge is 2.30. The van der Waals surface area contributed by atoms with Crippen LogP contribution in [0.5, 0.6) is 5.75 Å². The molecule has 3 aromatic carbocycles. The molecule has 1 heterocycles. The van der Waals surface area contributed by atoms with Gasteiger partial charge in [-0.2, -0.15) is 0 Å². The van der Waals surface area contributed by atoms with Gasteiger partial charge in [0, 0.05) is 26.2 Å². The van der Waals surface area contributed by atoms with Crippen LogP contribution in [0.15, 0.2) is 78.9 Å². The molecular formula is C28H32N2O2. The van der Waals surface area contributed by atoms with E-state index in [0.29, 0.717) is 13.1 Å². The summed E-state index contributed by atoms with van der Waals surface area (Å²) in [5.41, 5.74) is 4.82. The first-order valence-electron chi connectivity index (χ1n) is 11.4. The van der Waals surface area contributed by atoms with Gasteiger partial charge in [-0.25, -0.2) is 0 Å². The molecular weight excluding hydrogens is 396 g/mol. The highest BCUT2D eigenvalue weighted by Crippen LogP contribution is 2.29. The molecule has 0 bridgehead atoms. The second-order valence-electron chi connectivity index (χ2n) is 8.54. The second kappa shape index (κ2) is 10.0. The highest BCUT2D eigenvalue weighted by molar-refractivity contribution is 5.81. The number of piperazine rings is 1. The lowest BCUT2D eigenvalue weighted by molar-refractivity contribution is -0.140. The number of ether oxygens (including phenoxy) is 1. The van der Waals surface area contributed by atoms with Crippen molar-refractivity contribution >= 4 is 5.91 Å². The minimum absolute atomic E-state index is 0.0570. The first kappa shape index (κ1) is 22.1. The van der Waals surface area contributed by atoms with Crippen LogP contribution in [0.3, 0.4) is 0 Å². The van der Waals surface area contributed by atoms with Crippen molar-refractivity contribution in [3.63, 3.8) is 0 Å². The first-order chi connectivity index (χ1) is 15.5. The van der Waals surface area contributed by atoms with Crippen LogP contribution in [0.2, 0.25) is 0 Å². The van der Waals surface area contributed by atoms with Gasteiger partial charge in [-0.1, -0.05) is 72.8 Å². The van der Waals surface area contributed by atoms with Crippen molar-refractivity contribution in [2.24, 2.45) is 0 Å². The molecule has 1 fully saturated rings. The Morgan fingerprint density at radius 3 is 1.91 bits per heavy atom. The van der Waals surface area contributed by atoms with Crippen LogP contribution in [0.25, 0.3) is 0 Å². The Hall–Kier alpha value is -3.11. The molecule has 166 valence electrons. The highest BCUT2D eigenvalue weighted by atomic mass is 16.5. The summed E-state index contributed by atoms with van der Waals surface area (Å²) in [7, 11) is 0. The topological polar surface area (TPSA) is 32.8 Å². The van der Waals surface area contributed by atoms with Crippen LogP contribution in [0.1, 0.15) is 35.2 Å². The van der Waals surface area contributed by atoms with Crippen molar-refractivity contribution in [1.29, 1.82) is 0 Å². The zero-order valence-electron chi connectivity index (χ0n) is 19.2. The summed E-state index contributed by atoms with van der Waals surface area (Å²) in [5, 5.41) is 0. The van der Waals surface area contributed by atoms with Gasteiger partial charge in [-0.05, 0) is 49.1 Å². The average molecular weight is 429 g/mol. The number of aryl methyl sites for hydroxylation is 1. The number of hydrogen-bond acceptors (Lipinski definition) is 3.